The van der Waals surface area contributed by atoms with Gasteiger partial charge < -0.3 is 10.1 Å². The van der Waals surface area contributed by atoms with Crippen LogP contribution in [0.25, 0.3) is 0 Å². The number of nitrogens with zero attached hydrogens (tertiary/aromatic N) is 2. The molecule has 10 heteroatoms. The lowest BCUT2D eigenvalue weighted by atomic mass is 10.1. The zero-order chi connectivity index (χ0) is 21.2. The lowest BCUT2D eigenvalue weighted by Crippen LogP contribution is -2.42. The largest absolute Gasteiger partial charge is 0.451 e. The predicted octanol–water partition coefficient (Wildman–Crippen LogP) is 0.951. The summed E-state index contributed by atoms with van der Waals surface area (Å²) in [6.07, 6.45) is 0.420. The summed E-state index contributed by atoms with van der Waals surface area (Å²) in [5.74, 6) is -1.78. The van der Waals surface area contributed by atoms with Crippen LogP contribution in [-0.4, -0.2) is 61.1 Å². The van der Waals surface area contributed by atoms with Gasteiger partial charge in [-0.05, 0) is 43.5 Å². The Labute approximate surface area is 169 Å². The molecule has 3 rings (SSSR count). The van der Waals surface area contributed by atoms with Crippen LogP contribution < -0.4 is 5.32 Å². The van der Waals surface area contributed by atoms with E-state index in [0.29, 0.717) is 5.69 Å². The molecule has 1 aromatic rings. The van der Waals surface area contributed by atoms with Gasteiger partial charge in [0.1, 0.15) is 5.71 Å². The van der Waals surface area contributed by atoms with Crippen molar-refractivity contribution in [3.8, 4) is 0 Å². The van der Waals surface area contributed by atoms with E-state index in [4.69, 9.17) is 4.74 Å². The van der Waals surface area contributed by atoms with Crippen molar-refractivity contribution in [3.05, 3.63) is 29.3 Å². The highest BCUT2D eigenvalue weighted by Crippen LogP contribution is 2.22. The Kier molecular flexibility index (Phi) is 6.02. The van der Waals surface area contributed by atoms with Crippen LogP contribution in [0.1, 0.15) is 30.4 Å². The number of ether oxygens (including phenoxy) is 1. The molecule has 2 aliphatic rings. The molecular weight excluding hydrogens is 398 g/mol. The average Bonchev–Trinajstić information content (AvgIpc) is 2.99. The molecule has 0 aliphatic carbocycles. The van der Waals surface area contributed by atoms with Crippen LogP contribution in [0, 0.1) is 13.8 Å². The minimum absolute atomic E-state index is 0.00461. The smallest absolute Gasteiger partial charge is 0.355 e. The van der Waals surface area contributed by atoms with Crippen molar-refractivity contribution in [2.45, 2.75) is 39.2 Å². The van der Waals surface area contributed by atoms with Gasteiger partial charge in [0.05, 0.1) is 17.5 Å². The van der Waals surface area contributed by atoms with Gasteiger partial charge in [-0.3, -0.25) is 9.59 Å². The van der Waals surface area contributed by atoms with E-state index >= 15 is 0 Å². The molecule has 1 saturated heterocycles. The molecule has 0 spiro atoms. The van der Waals surface area contributed by atoms with Crippen LogP contribution in [0.2, 0.25) is 0 Å². The van der Waals surface area contributed by atoms with E-state index in [0.717, 1.165) is 16.1 Å². The number of carbonyl (C=O) groups is 3. The lowest BCUT2D eigenvalue weighted by molar-refractivity contribution is -0.141. The number of benzene rings is 1. The lowest BCUT2D eigenvalue weighted by Gasteiger charge is -2.27. The normalized spacial score (nSPS) is 20.9. The summed E-state index contributed by atoms with van der Waals surface area (Å²) in [6.45, 7) is 3.33. The number of aryl methyl sites for hydroxylation is 2. The van der Waals surface area contributed by atoms with E-state index in [-0.39, 0.29) is 42.4 Å². The molecule has 2 aliphatic heterocycles. The molecule has 1 fully saturated rings. The molecule has 1 atom stereocenters. The Morgan fingerprint density at radius 3 is 2.52 bits per heavy atom. The Balaban J connectivity index is 1.58. The van der Waals surface area contributed by atoms with Crippen LogP contribution in [0.4, 0.5) is 5.69 Å². The van der Waals surface area contributed by atoms with Crippen LogP contribution in [-0.2, 0) is 29.0 Å². The molecular formula is C19H23N3O6S. The maximum absolute atomic E-state index is 12.3. The first-order valence-corrected chi connectivity index (χ1v) is 11.1. The average molecular weight is 421 g/mol. The van der Waals surface area contributed by atoms with Gasteiger partial charge in [-0.25, -0.2) is 18.2 Å². The second-order valence-electron chi connectivity index (χ2n) is 7.34. The van der Waals surface area contributed by atoms with E-state index in [1.807, 2.05) is 19.9 Å². The number of hydrazone groups is 1. The molecule has 0 bridgehead atoms. The summed E-state index contributed by atoms with van der Waals surface area (Å²) in [4.78, 5) is 36.4. The van der Waals surface area contributed by atoms with Gasteiger partial charge in [-0.2, -0.15) is 5.10 Å². The van der Waals surface area contributed by atoms with Crippen LogP contribution in [0.5, 0.6) is 0 Å². The number of hydrogen-bond acceptors (Lipinski definition) is 7. The number of hydrogen-bond donors (Lipinski definition) is 1. The third-order valence-corrected chi connectivity index (χ3v) is 6.44. The summed E-state index contributed by atoms with van der Waals surface area (Å²) in [6, 6.07) is 5.01. The minimum Gasteiger partial charge on any atom is -0.451 e. The Hall–Kier alpha value is -2.75. The zero-order valence-electron chi connectivity index (χ0n) is 16.3. The van der Waals surface area contributed by atoms with Crippen LogP contribution in [0.15, 0.2) is 23.3 Å². The second kappa shape index (κ2) is 8.32. The molecule has 1 aromatic carbocycles. The van der Waals surface area contributed by atoms with Gasteiger partial charge in [-0.1, -0.05) is 6.07 Å². The predicted molar refractivity (Wildman–Crippen MR) is 106 cm³/mol. The molecule has 156 valence electrons. The van der Waals surface area contributed by atoms with Crippen molar-refractivity contribution in [1.29, 1.82) is 0 Å². The van der Waals surface area contributed by atoms with Crippen LogP contribution >= 0.6 is 0 Å². The monoisotopic (exact) mass is 421 g/mol. The van der Waals surface area contributed by atoms with Gasteiger partial charge in [0.2, 0.25) is 5.91 Å². The van der Waals surface area contributed by atoms with Gasteiger partial charge in [0, 0.05) is 18.5 Å². The minimum atomic E-state index is -3.20. The van der Waals surface area contributed by atoms with Gasteiger partial charge in [0.25, 0.3) is 5.91 Å². The maximum atomic E-state index is 12.3. The number of anilines is 1. The molecule has 0 radical (unpaired) electrons. The highest BCUT2D eigenvalue weighted by Gasteiger charge is 2.37. The van der Waals surface area contributed by atoms with Crippen molar-refractivity contribution in [2.24, 2.45) is 5.10 Å². The molecule has 29 heavy (non-hydrogen) atoms. The molecule has 0 saturated carbocycles. The SMILES string of the molecule is Cc1cc(C)cc(NC(=O)COC(=O)C2=NN([C@@H]3CCS(=O)(=O)C3)C(=O)CC2)c1. The third-order valence-electron chi connectivity index (χ3n) is 4.69. The Morgan fingerprint density at radius 1 is 1.21 bits per heavy atom. The van der Waals surface area contributed by atoms with E-state index < -0.39 is 34.4 Å². The van der Waals surface area contributed by atoms with Crippen molar-refractivity contribution < 1.29 is 27.5 Å². The summed E-state index contributed by atoms with van der Waals surface area (Å²) < 4.78 is 28.3. The fraction of sp³-hybridized carbons (Fsp3) is 0.474. The quantitative estimate of drug-likeness (QED) is 0.707. The third kappa shape index (κ3) is 5.41. The first-order chi connectivity index (χ1) is 13.6. The van der Waals surface area contributed by atoms with Crippen LogP contribution in [0.3, 0.4) is 0 Å². The highest BCUT2D eigenvalue weighted by molar-refractivity contribution is 7.91. The molecule has 2 amide bonds. The van der Waals surface area contributed by atoms with E-state index in [1.165, 1.54) is 0 Å². The van der Waals surface area contributed by atoms with Gasteiger partial charge in [0.15, 0.2) is 16.4 Å². The van der Waals surface area contributed by atoms with Crippen molar-refractivity contribution in [2.75, 3.05) is 23.4 Å². The number of nitrogens with one attached hydrogen (secondary N) is 1. The Morgan fingerprint density at radius 2 is 1.90 bits per heavy atom. The van der Waals surface area contributed by atoms with Crippen molar-refractivity contribution in [1.82, 2.24) is 5.01 Å². The summed E-state index contributed by atoms with van der Waals surface area (Å²) in [5, 5.41) is 7.77. The summed E-state index contributed by atoms with van der Waals surface area (Å²) in [5.41, 5.74) is 2.60. The number of carbonyl (C=O) groups excluding carboxylic acids is 3. The standard InChI is InChI=1S/C19H23N3O6S/c1-12-7-13(2)9-14(8-12)20-17(23)10-28-19(25)16-3-4-18(24)22(21-16)15-5-6-29(26,27)11-15/h7-9,15H,3-6,10-11H2,1-2H3,(H,20,23)/t15-/m1/s1. The summed E-state index contributed by atoms with van der Waals surface area (Å²) in [7, 11) is -3.20. The van der Waals surface area contributed by atoms with Crippen molar-refractivity contribution >= 4 is 39.0 Å². The first-order valence-electron chi connectivity index (χ1n) is 9.28. The first kappa shape index (κ1) is 21.0. The maximum Gasteiger partial charge on any atom is 0.355 e. The molecule has 2 heterocycles. The second-order valence-corrected chi connectivity index (χ2v) is 9.57. The number of rotatable bonds is 5. The topological polar surface area (TPSA) is 122 Å². The zero-order valence-corrected chi connectivity index (χ0v) is 17.1. The number of esters is 1. The number of amides is 2. The van der Waals surface area contributed by atoms with E-state index in [1.54, 1.807) is 12.1 Å². The molecule has 0 unspecified atom stereocenters. The molecule has 0 aromatic heterocycles. The van der Waals surface area contributed by atoms with Crippen molar-refractivity contribution in [3.63, 3.8) is 0 Å². The van der Waals surface area contributed by atoms with E-state index in [2.05, 4.69) is 10.4 Å². The van der Waals surface area contributed by atoms with E-state index in [9.17, 15) is 22.8 Å². The molecule has 9 nitrogen and oxygen atoms in total. The summed E-state index contributed by atoms with van der Waals surface area (Å²) >= 11 is 0. The fourth-order valence-electron chi connectivity index (χ4n) is 3.43. The highest BCUT2D eigenvalue weighted by atomic mass is 32.2. The number of sulfone groups is 1. The Bertz CT molecular complexity index is 965. The fourth-order valence-corrected chi connectivity index (χ4v) is 5.12. The molecule has 1 N–H and O–H groups in total. The van der Waals surface area contributed by atoms with Gasteiger partial charge in [-0.15, -0.1) is 0 Å². The van der Waals surface area contributed by atoms with Gasteiger partial charge >= 0.3 is 5.97 Å².